The molecule has 0 heterocycles. The van der Waals surface area contributed by atoms with Gasteiger partial charge in [-0.05, 0) is 26.2 Å². The summed E-state index contributed by atoms with van der Waals surface area (Å²) < 4.78 is 0. The van der Waals surface area contributed by atoms with Gasteiger partial charge in [0.05, 0.1) is 5.41 Å². The van der Waals surface area contributed by atoms with Crippen LogP contribution in [0.15, 0.2) is 22.8 Å². The number of hydrogen-bond acceptors (Lipinski definition) is 2. The lowest BCUT2D eigenvalue weighted by Crippen LogP contribution is -2.31. The molecule has 0 radical (unpaired) electrons. The first-order chi connectivity index (χ1) is 10.1. The quantitative estimate of drug-likeness (QED) is 0.637. The molecular formula is C19H24O3. The van der Waals surface area contributed by atoms with Gasteiger partial charge in [0.25, 0.3) is 0 Å². The Labute approximate surface area is 132 Å². The molecule has 0 aromatic carbocycles. The van der Waals surface area contributed by atoms with E-state index in [1.165, 1.54) is 0 Å². The highest BCUT2D eigenvalue weighted by molar-refractivity contribution is 6.01. The fraction of sp³-hybridized carbons (Fsp3) is 0.579. The highest BCUT2D eigenvalue weighted by Crippen LogP contribution is 2.75. The van der Waals surface area contributed by atoms with E-state index in [1.807, 2.05) is 40.7 Å². The number of terminal acetylenes is 1. The SMILES string of the molecule is C#CCC1=C(C)[C@@H]([C@]2(C(=O)O)[C@@H](C=C(C)C)C2(C)C)CC1=O. The molecule has 0 amide bonds. The number of ketones is 1. The van der Waals surface area contributed by atoms with Crippen molar-refractivity contribution < 1.29 is 14.7 Å². The van der Waals surface area contributed by atoms with Crippen LogP contribution in [0.5, 0.6) is 0 Å². The van der Waals surface area contributed by atoms with Gasteiger partial charge in [0, 0.05) is 30.3 Å². The summed E-state index contributed by atoms with van der Waals surface area (Å²) in [5, 5.41) is 10.00. The second kappa shape index (κ2) is 5.12. The zero-order chi connectivity index (χ0) is 16.9. The van der Waals surface area contributed by atoms with Crippen molar-refractivity contribution in [1.82, 2.24) is 0 Å². The molecule has 0 aromatic heterocycles. The third-order valence-electron chi connectivity index (χ3n) is 5.66. The molecule has 3 heteroatoms. The highest BCUT2D eigenvalue weighted by Gasteiger charge is 2.78. The van der Waals surface area contributed by atoms with Gasteiger partial charge in [-0.15, -0.1) is 12.3 Å². The van der Waals surface area contributed by atoms with Crippen LogP contribution in [-0.4, -0.2) is 16.9 Å². The predicted octanol–water partition coefficient (Wildman–Crippen LogP) is 3.61. The van der Waals surface area contributed by atoms with Crippen molar-refractivity contribution in [3.8, 4) is 12.3 Å². The van der Waals surface area contributed by atoms with E-state index in [4.69, 9.17) is 6.42 Å². The molecular weight excluding hydrogens is 276 g/mol. The number of hydrogen-bond donors (Lipinski definition) is 1. The number of carboxylic acids is 1. The second-order valence-electron chi connectivity index (χ2n) is 7.34. The molecule has 0 aromatic rings. The average Bonchev–Trinajstić information content (AvgIpc) is 2.73. The second-order valence-corrected chi connectivity index (χ2v) is 7.34. The number of allylic oxidation sites excluding steroid dienone is 4. The van der Waals surface area contributed by atoms with E-state index in [0.717, 1.165) is 11.1 Å². The molecule has 3 nitrogen and oxygen atoms in total. The molecule has 0 bridgehead atoms. The van der Waals surface area contributed by atoms with Crippen LogP contribution in [0.25, 0.3) is 0 Å². The Kier molecular flexibility index (Phi) is 3.85. The monoisotopic (exact) mass is 300 g/mol. The largest absolute Gasteiger partial charge is 0.481 e. The molecule has 22 heavy (non-hydrogen) atoms. The molecule has 2 aliphatic rings. The summed E-state index contributed by atoms with van der Waals surface area (Å²) in [6.07, 6.45) is 7.96. The Bertz CT molecular complexity index is 638. The minimum absolute atomic E-state index is 0.0136. The molecule has 1 N–H and O–H groups in total. The van der Waals surface area contributed by atoms with Gasteiger partial charge in [-0.1, -0.05) is 31.1 Å². The normalized spacial score (nSPS) is 32.6. The predicted molar refractivity (Wildman–Crippen MR) is 86.0 cm³/mol. The van der Waals surface area contributed by atoms with Crippen molar-refractivity contribution >= 4 is 11.8 Å². The maximum absolute atomic E-state index is 12.3. The molecule has 0 unspecified atom stereocenters. The van der Waals surface area contributed by atoms with Crippen LogP contribution in [0.4, 0.5) is 0 Å². The molecule has 0 saturated heterocycles. The number of aliphatic carboxylic acids is 1. The van der Waals surface area contributed by atoms with E-state index < -0.39 is 11.4 Å². The van der Waals surface area contributed by atoms with Crippen molar-refractivity contribution in [1.29, 1.82) is 0 Å². The van der Waals surface area contributed by atoms with Crippen molar-refractivity contribution in [3.63, 3.8) is 0 Å². The molecule has 0 spiro atoms. The third-order valence-corrected chi connectivity index (χ3v) is 5.66. The van der Waals surface area contributed by atoms with Gasteiger partial charge < -0.3 is 5.11 Å². The van der Waals surface area contributed by atoms with Gasteiger partial charge in [-0.3, -0.25) is 9.59 Å². The topological polar surface area (TPSA) is 54.4 Å². The Morgan fingerprint density at radius 2 is 2.05 bits per heavy atom. The van der Waals surface area contributed by atoms with Gasteiger partial charge in [0.2, 0.25) is 0 Å². The molecule has 118 valence electrons. The summed E-state index contributed by atoms with van der Waals surface area (Å²) in [6.45, 7) is 9.81. The number of Topliss-reactive ketones (excluding diaryl/α,β-unsaturated/α-hetero) is 1. The lowest BCUT2D eigenvalue weighted by Gasteiger charge is -2.24. The minimum Gasteiger partial charge on any atom is -0.481 e. The smallest absolute Gasteiger partial charge is 0.311 e. The van der Waals surface area contributed by atoms with E-state index in [-0.39, 0.29) is 29.5 Å². The summed E-state index contributed by atoms with van der Waals surface area (Å²) in [7, 11) is 0. The third kappa shape index (κ3) is 1.97. The lowest BCUT2D eigenvalue weighted by atomic mass is 9.78. The van der Waals surface area contributed by atoms with Crippen LogP contribution in [0.1, 0.15) is 47.5 Å². The van der Waals surface area contributed by atoms with Crippen LogP contribution in [-0.2, 0) is 9.59 Å². The van der Waals surface area contributed by atoms with E-state index in [1.54, 1.807) is 0 Å². The van der Waals surface area contributed by atoms with Crippen molar-refractivity contribution in [2.24, 2.45) is 22.7 Å². The fourth-order valence-electron chi connectivity index (χ4n) is 4.47. The first-order valence-corrected chi connectivity index (χ1v) is 7.67. The Morgan fingerprint density at radius 3 is 2.50 bits per heavy atom. The zero-order valence-electron chi connectivity index (χ0n) is 14.0. The van der Waals surface area contributed by atoms with Crippen LogP contribution in [0, 0.1) is 35.0 Å². The Hall–Kier alpha value is -1.82. The Balaban J connectivity index is 2.53. The fourth-order valence-corrected chi connectivity index (χ4v) is 4.47. The van der Waals surface area contributed by atoms with E-state index >= 15 is 0 Å². The van der Waals surface area contributed by atoms with Crippen LogP contribution >= 0.6 is 0 Å². The molecule has 3 atom stereocenters. The lowest BCUT2D eigenvalue weighted by molar-refractivity contribution is -0.147. The maximum Gasteiger partial charge on any atom is 0.311 e. The molecule has 1 saturated carbocycles. The molecule has 2 aliphatic carbocycles. The highest BCUT2D eigenvalue weighted by atomic mass is 16.4. The average molecular weight is 300 g/mol. The van der Waals surface area contributed by atoms with Crippen molar-refractivity contribution in [2.75, 3.05) is 0 Å². The summed E-state index contributed by atoms with van der Waals surface area (Å²) in [4.78, 5) is 24.5. The van der Waals surface area contributed by atoms with E-state index in [9.17, 15) is 14.7 Å². The van der Waals surface area contributed by atoms with Gasteiger partial charge in [0.1, 0.15) is 0 Å². The number of carboxylic acid groups (broad SMARTS) is 1. The van der Waals surface area contributed by atoms with Crippen molar-refractivity contribution in [3.05, 3.63) is 22.8 Å². The molecule has 0 aliphatic heterocycles. The summed E-state index contributed by atoms with van der Waals surface area (Å²) in [5.74, 6) is 1.42. The van der Waals surface area contributed by atoms with Gasteiger partial charge >= 0.3 is 5.97 Å². The van der Waals surface area contributed by atoms with Gasteiger partial charge in [0.15, 0.2) is 5.78 Å². The van der Waals surface area contributed by atoms with Crippen LogP contribution < -0.4 is 0 Å². The first kappa shape index (κ1) is 16.5. The first-order valence-electron chi connectivity index (χ1n) is 7.67. The molecule has 1 fully saturated rings. The van der Waals surface area contributed by atoms with Crippen LogP contribution in [0.2, 0.25) is 0 Å². The number of rotatable bonds is 4. The summed E-state index contributed by atoms with van der Waals surface area (Å²) >= 11 is 0. The zero-order valence-corrected chi connectivity index (χ0v) is 14.0. The van der Waals surface area contributed by atoms with E-state index in [0.29, 0.717) is 12.0 Å². The standard InChI is InChI=1S/C19H24O3/c1-7-8-13-12(4)14(10-15(13)20)19(17(21)22)16(9-11(2)3)18(19,5)6/h1,9,14,16H,8,10H2,2-6H3,(H,21,22)/t14-,16-,19+/m0/s1. The minimum atomic E-state index is -0.902. The van der Waals surface area contributed by atoms with Crippen molar-refractivity contribution in [2.45, 2.75) is 47.5 Å². The van der Waals surface area contributed by atoms with E-state index in [2.05, 4.69) is 5.92 Å². The van der Waals surface area contributed by atoms with Gasteiger partial charge in [-0.2, -0.15) is 0 Å². The maximum atomic E-state index is 12.3. The van der Waals surface area contributed by atoms with Gasteiger partial charge in [-0.25, -0.2) is 0 Å². The Morgan fingerprint density at radius 1 is 1.45 bits per heavy atom. The summed E-state index contributed by atoms with van der Waals surface area (Å²) in [6, 6.07) is 0. The number of carbonyl (C=O) groups is 2. The van der Waals surface area contributed by atoms with Crippen LogP contribution in [0.3, 0.4) is 0 Å². The molecule has 2 rings (SSSR count). The summed E-state index contributed by atoms with van der Waals surface area (Å²) in [5.41, 5.74) is 1.36. The number of carbonyl (C=O) groups excluding carboxylic acids is 1.